The van der Waals surface area contributed by atoms with Crippen LogP contribution >= 0.6 is 0 Å². The molecule has 3 aromatic carbocycles. The fourth-order valence-electron chi connectivity index (χ4n) is 2.41. The van der Waals surface area contributed by atoms with Crippen molar-refractivity contribution in [3.63, 3.8) is 0 Å². The van der Waals surface area contributed by atoms with Crippen molar-refractivity contribution < 1.29 is 9.53 Å². The highest BCUT2D eigenvalue weighted by molar-refractivity contribution is 6.01. The van der Waals surface area contributed by atoms with Gasteiger partial charge >= 0.3 is 0 Å². The Bertz CT molecular complexity index is 879. The molecule has 0 bridgehead atoms. The van der Waals surface area contributed by atoms with Crippen molar-refractivity contribution in [2.75, 3.05) is 18.1 Å². The van der Waals surface area contributed by atoms with Gasteiger partial charge in [0.25, 0.3) is 5.91 Å². The van der Waals surface area contributed by atoms with Crippen LogP contribution in [0.5, 0.6) is 11.5 Å². The molecule has 4 N–H and O–H groups in total. The summed E-state index contributed by atoms with van der Waals surface area (Å²) in [6.45, 7) is 0. The van der Waals surface area contributed by atoms with Crippen LogP contribution in [0.15, 0.2) is 72.8 Å². The maximum Gasteiger partial charge on any atom is 0.253 e. The van der Waals surface area contributed by atoms with Crippen molar-refractivity contribution >= 4 is 23.0 Å². The number of hydrogen-bond donors (Lipinski definition) is 3. The van der Waals surface area contributed by atoms with Crippen molar-refractivity contribution in [2.45, 2.75) is 0 Å². The Kier molecular flexibility index (Phi) is 4.85. The summed E-state index contributed by atoms with van der Waals surface area (Å²) in [5.41, 5.74) is 8.21. The van der Waals surface area contributed by atoms with Gasteiger partial charge in [-0.15, -0.1) is 0 Å². The molecule has 0 aliphatic heterocycles. The molecule has 0 unspecified atom stereocenters. The molecule has 0 aliphatic carbocycles. The Balaban J connectivity index is 1.93. The second-order valence-corrected chi connectivity index (χ2v) is 5.42. The maximum atomic E-state index is 12.1. The van der Waals surface area contributed by atoms with E-state index in [0.717, 1.165) is 11.4 Å². The molecule has 0 aromatic heterocycles. The maximum absolute atomic E-state index is 12.1. The van der Waals surface area contributed by atoms with Gasteiger partial charge in [-0.3, -0.25) is 4.79 Å². The SMILES string of the molecule is CNC(=O)c1cc(N)ccc1Nc1ccccc1Oc1ccccc1. The summed E-state index contributed by atoms with van der Waals surface area (Å²) in [7, 11) is 1.59. The van der Waals surface area contributed by atoms with E-state index in [1.807, 2.05) is 54.6 Å². The summed E-state index contributed by atoms with van der Waals surface area (Å²) in [5.74, 6) is 1.19. The lowest BCUT2D eigenvalue weighted by Crippen LogP contribution is -2.19. The number of benzene rings is 3. The minimum atomic E-state index is -0.212. The first-order valence-electron chi connectivity index (χ1n) is 7.88. The fraction of sp³-hybridized carbons (Fsp3) is 0.0500. The number of nitrogen functional groups attached to an aromatic ring is 1. The number of hydrogen-bond acceptors (Lipinski definition) is 4. The van der Waals surface area contributed by atoms with E-state index in [-0.39, 0.29) is 5.91 Å². The van der Waals surface area contributed by atoms with E-state index >= 15 is 0 Å². The normalized spacial score (nSPS) is 10.1. The summed E-state index contributed by atoms with van der Waals surface area (Å²) in [6.07, 6.45) is 0. The van der Waals surface area contributed by atoms with E-state index in [4.69, 9.17) is 10.5 Å². The van der Waals surface area contributed by atoms with Gasteiger partial charge < -0.3 is 21.1 Å². The minimum Gasteiger partial charge on any atom is -0.455 e. The Morgan fingerprint density at radius 2 is 1.64 bits per heavy atom. The molecule has 1 amide bonds. The van der Waals surface area contributed by atoms with Gasteiger partial charge in [0, 0.05) is 12.7 Å². The van der Waals surface area contributed by atoms with Crippen LogP contribution in [-0.4, -0.2) is 13.0 Å². The van der Waals surface area contributed by atoms with Gasteiger partial charge in [0.2, 0.25) is 0 Å². The fourth-order valence-corrected chi connectivity index (χ4v) is 2.41. The lowest BCUT2D eigenvalue weighted by Gasteiger charge is -2.15. The average molecular weight is 333 g/mol. The quantitative estimate of drug-likeness (QED) is 0.613. The van der Waals surface area contributed by atoms with Crippen LogP contribution in [0.4, 0.5) is 17.1 Å². The number of nitrogens with one attached hydrogen (secondary N) is 2. The van der Waals surface area contributed by atoms with Crippen LogP contribution in [0, 0.1) is 0 Å². The molecule has 3 aromatic rings. The first kappa shape index (κ1) is 16.4. The summed E-state index contributed by atoms with van der Waals surface area (Å²) in [6, 6.07) is 22.2. The van der Waals surface area contributed by atoms with Gasteiger partial charge in [-0.25, -0.2) is 0 Å². The topological polar surface area (TPSA) is 76.4 Å². The zero-order valence-corrected chi connectivity index (χ0v) is 13.8. The molecule has 0 saturated heterocycles. The standard InChI is InChI=1S/C20H19N3O2/c1-22-20(24)16-13-14(21)11-12-17(16)23-18-9-5-6-10-19(18)25-15-7-3-2-4-8-15/h2-13,23H,21H2,1H3,(H,22,24). The lowest BCUT2D eigenvalue weighted by atomic mass is 10.1. The van der Waals surface area contributed by atoms with Gasteiger partial charge in [-0.05, 0) is 42.5 Å². The Morgan fingerprint density at radius 1 is 0.920 bits per heavy atom. The number of nitrogens with two attached hydrogens (primary N) is 1. The highest BCUT2D eigenvalue weighted by Gasteiger charge is 2.13. The molecule has 0 fully saturated rings. The second kappa shape index (κ2) is 7.40. The molecule has 3 rings (SSSR count). The molecule has 25 heavy (non-hydrogen) atoms. The number of carbonyl (C=O) groups excluding carboxylic acids is 1. The third kappa shape index (κ3) is 3.90. The molecule has 0 saturated carbocycles. The molecule has 0 heterocycles. The number of ether oxygens (including phenoxy) is 1. The number of carbonyl (C=O) groups is 1. The van der Waals surface area contributed by atoms with Gasteiger partial charge in [0.05, 0.1) is 16.9 Å². The van der Waals surface area contributed by atoms with Crippen molar-refractivity contribution in [1.82, 2.24) is 5.32 Å². The first-order valence-corrected chi connectivity index (χ1v) is 7.88. The Morgan fingerprint density at radius 3 is 2.40 bits per heavy atom. The minimum absolute atomic E-state index is 0.212. The predicted octanol–water partition coefficient (Wildman–Crippen LogP) is 4.16. The highest BCUT2D eigenvalue weighted by atomic mass is 16.5. The predicted molar refractivity (Wildman–Crippen MR) is 100 cm³/mol. The van der Waals surface area contributed by atoms with Crippen LogP contribution < -0.4 is 21.1 Å². The van der Waals surface area contributed by atoms with Gasteiger partial charge in [0.15, 0.2) is 5.75 Å². The summed E-state index contributed by atoms with van der Waals surface area (Å²) < 4.78 is 5.94. The summed E-state index contributed by atoms with van der Waals surface area (Å²) >= 11 is 0. The number of para-hydroxylation sites is 3. The monoisotopic (exact) mass is 333 g/mol. The van der Waals surface area contributed by atoms with E-state index in [1.54, 1.807) is 25.2 Å². The third-order valence-corrected chi connectivity index (χ3v) is 3.64. The van der Waals surface area contributed by atoms with Crippen molar-refractivity contribution in [2.24, 2.45) is 0 Å². The number of rotatable bonds is 5. The molecule has 0 spiro atoms. The van der Waals surface area contributed by atoms with Crippen LogP contribution in [0.1, 0.15) is 10.4 Å². The molecule has 126 valence electrons. The average Bonchev–Trinajstić information content (AvgIpc) is 2.65. The summed E-state index contributed by atoms with van der Waals surface area (Å²) in [4.78, 5) is 12.1. The molecule has 5 heteroatoms. The molecule has 0 aliphatic rings. The van der Waals surface area contributed by atoms with E-state index < -0.39 is 0 Å². The molecule has 5 nitrogen and oxygen atoms in total. The van der Waals surface area contributed by atoms with Gasteiger partial charge in [0.1, 0.15) is 5.75 Å². The van der Waals surface area contributed by atoms with E-state index in [9.17, 15) is 4.79 Å². The van der Waals surface area contributed by atoms with E-state index in [1.165, 1.54) is 0 Å². The Labute approximate surface area is 146 Å². The van der Waals surface area contributed by atoms with Crippen LogP contribution in [0.2, 0.25) is 0 Å². The lowest BCUT2D eigenvalue weighted by molar-refractivity contribution is 0.0964. The molecular weight excluding hydrogens is 314 g/mol. The van der Waals surface area contributed by atoms with E-state index in [0.29, 0.717) is 22.7 Å². The highest BCUT2D eigenvalue weighted by Crippen LogP contribution is 2.32. The van der Waals surface area contributed by atoms with Crippen LogP contribution in [0.25, 0.3) is 0 Å². The van der Waals surface area contributed by atoms with Crippen molar-refractivity contribution in [3.8, 4) is 11.5 Å². The third-order valence-electron chi connectivity index (χ3n) is 3.64. The zero-order chi connectivity index (χ0) is 17.6. The van der Waals surface area contributed by atoms with Crippen LogP contribution in [0.3, 0.4) is 0 Å². The molecular formula is C20H19N3O2. The largest absolute Gasteiger partial charge is 0.455 e. The smallest absolute Gasteiger partial charge is 0.253 e. The van der Waals surface area contributed by atoms with Gasteiger partial charge in [-0.1, -0.05) is 30.3 Å². The Hall–Kier alpha value is -3.47. The molecule has 0 atom stereocenters. The number of anilines is 3. The van der Waals surface area contributed by atoms with Gasteiger partial charge in [-0.2, -0.15) is 0 Å². The van der Waals surface area contributed by atoms with E-state index in [2.05, 4.69) is 10.6 Å². The van der Waals surface area contributed by atoms with Crippen molar-refractivity contribution in [1.29, 1.82) is 0 Å². The van der Waals surface area contributed by atoms with Crippen LogP contribution in [-0.2, 0) is 0 Å². The summed E-state index contributed by atoms with van der Waals surface area (Å²) in [5, 5.41) is 5.89. The van der Waals surface area contributed by atoms with Crippen molar-refractivity contribution in [3.05, 3.63) is 78.4 Å². The second-order valence-electron chi connectivity index (χ2n) is 5.42. The first-order chi connectivity index (χ1) is 12.2. The zero-order valence-electron chi connectivity index (χ0n) is 13.8. The molecule has 0 radical (unpaired) electrons. The number of amides is 1.